The van der Waals surface area contributed by atoms with Crippen LogP contribution in [-0.4, -0.2) is 29.2 Å². The van der Waals surface area contributed by atoms with Gasteiger partial charge in [-0.1, -0.05) is 25.4 Å². The van der Waals surface area contributed by atoms with Gasteiger partial charge in [0.25, 0.3) is 0 Å². The lowest BCUT2D eigenvalue weighted by molar-refractivity contribution is 0.0622. The van der Waals surface area contributed by atoms with Gasteiger partial charge in [0.1, 0.15) is 16.8 Å². The molecule has 1 N–H and O–H groups in total. The molecule has 0 aromatic carbocycles. The summed E-state index contributed by atoms with van der Waals surface area (Å²) in [6.07, 6.45) is 2.20. The molecule has 2 heterocycles. The van der Waals surface area contributed by atoms with E-state index < -0.39 is 0 Å². The van der Waals surface area contributed by atoms with Crippen molar-refractivity contribution in [2.75, 3.05) is 18.5 Å². The molecule has 5 heteroatoms. The maximum atomic E-state index is 6.05. The molecule has 0 radical (unpaired) electrons. The summed E-state index contributed by atoms with van der Waals surface area (Å²) >= 11 is 6.05. The molecule has 1 aromatic rings. The smallest absolute Gasteiger partial charge is 0.135 e. The van der Waals surface area contributed by atoms with Gasteiger partial charge in [-0.2, -0.15) is 0 Å². The highest BCUT2D eigenvalue weighted by Crippen LogP contribution is 2.23. The highest BCUT2D eigenvalue weighted by atomic mass is 35.5. The van der Waals surface area contributed by atoms with Crippen LogP contribution in [-0.2, 0) is 4.74 Å². The lowest BCUT2D eigenvalue weighted by Gasteiger charge is -2.28. The fourth-order valence-electron chi connectivity index (χ4n) is 2.33. The van der Waals surface area contributed by atoms with Crippen molar-refractivity contribution in [1.82, 2.24) is 9.97 Å². The number of hydrogen-bond donors (Lipinski definition) is 1. The van der Waals surface area contributed by atoms with Crippen LogP contribution in [0.4, 0.5) is 5.82 Å². The first kappa shape index (κ1) is 14.5. The second-order valence-electron chi connectivity index (χ2n) is 5.47. The van der Waals surface area contributed by atoms with Gasteiger partial charge in [0.05, 0.1) is 0 Å². The van der Waals surface area contributed by atoms with Gasteiger partial charge in [-0.05, 0) is 25.7 Å². The van der Waals surface area contributed by atoms with Gasteiger partial charge < -0.3 is 10.1 Å². The van der Waals surface area contributed by atoms with Crippen LogP contribution in [0.2, 0.25) is 5.15 Å². The van der Waals surface area contributed by atoms with Crippen LogP contribution >= 0.6 is 11.6 Å². The molecule has 106 valence electrons. The first-order valence-corrected chi connectivity index (χ1v) is 7.33. The monoisotopic (exact) mass is 283 g/mol. The van der Waals surface area contributed by atoms with E-state index in [4.69, 9.17) is 16.3 Å². The number of halogens is 1. The lowest BCUT2D eigenvalue weighted by Crippen LogP contribution is -2.31. The van der Waals surface area contributed by atoms with E-state index in [0.29, 0.717) is 17.1 Å². The normalized spacial score (nSPS) is 18.6. The Morgan fingerprint density at radius 2 is 1.95 bits per heavy atom. The molecule has 19 heavy (non-hydrogen) atoms. The van der Waals surface area contributed by atoms with E-state index >= 15 is 0 Å². The van der Waals surface area contributed by atoms with Gasteiger partial charge in [-0.15, -0.1) is 0 Å². The summed E-state index contributed by atoms with van der Waals surface area (Å²) in [6.45, 7) is 8.05. The van der Waals surface area contributed by atoms with Crippen molar-refractivity contribution in [3.63, 3.8) is 0 Å². The molecule has 1 aromatic heterocycles. The van der Waals surface area contributed by atoms with E-state index in [1.807, 2.05) is 0 Å². The molecule has 0 bridgehead atoms. The summed E-state index contributed by atoms with van der Waals surface area (Å²) in [5, 5.41) is 3.96. The van der Waals surface area contributed by atoms with E-state index in [1.165, 1.54) is 0 Å². The van der Waals surface area contributed by atoms with Crippen molar-refractivity contribution in [1.29, 1.82) is 0 Å². The Bertz CT molecular complexity index is 419. The summed E-state index contributed by atoms with van der Waals surface area (Å²) < 4.78 is 5.40. The van der Waals surface area contributed by atoms with E-state index in [-0.39, 0.29) is 5.92 Å². The Kier molecular flexibility index (Phi) is 4.99. The first-order chi connectivity index (χ1) is 9.06. The molecule has 1 saturated heterocycles. The molecule has 2 rings (SSSR count). The average molecular weight is 284 g/mol. The summed E-state index contributed by atoms with van der Waals surface area (Å²) in [7, 11) is 0. The summed E-state index contributed by atoms with van der Waals surface area (Å²) in [4.78, 5) is 8.78. The molecular formula is C14H22ClN3O. The molecule has 1 fully saturated rings. The Labute approximate surface area is 119 Å². The van der Waals surface area contributed by atoms with E-state index in [1.54, 1.807) is 6.07 Å². The predicted molar refractivity (Wildman–Crippen MR) is 77.8 cm³/mol. The largest absolute Gasteiger partial charge is 0.381 e. The van der Waals surface area contributed by atoms with Crippen molar-refractivity contribution in [2.24, 2.45) is 5.92 Å². The predicted octanol–water partition coefficient (Wildman–Crippen LogP) is 3.48. The number of aromatic nitrogens is 2. The topological polar surface area (TPSA) is 47.0 Å². The highest BCUT2D eigenvalue weighted by molar-refractivity contribution is 6.29. The zero-order valence-corrected chi connectivity index (χ0v) is 12.6. The zero-order valence-electron chi connectivity index (χ0n) is 11.8. The molecule has 0 amide bonds. The molecular weight excluding hydrogens is 262 g/mol. The highest BCUT2D eigenvalue weighted by Gasteiger charge is 2.21. The molecule has 1 atom stereocenters. The third-order valence-electron chi connectivity index (χ3n) is 3.58. The fraction of sp³-hybridized carbons (Fsp3) is 0.714. The third-order valence-corrected chi connectivity index (χ3v) is 3.77. The maximum absolute atomic E-state index is 6.05. The molecule has 0 saturated carbocycles. The van der Waals surface area contributed by atoms with Crippen LogP contribution in [0.3, 0.4) is 0 Å². The summed E-state index contributed by atoms with van der Waals surface area (Å²) in [5.74, 6) is 2.51. The first-order valence-electron chi connectivity index (χ1n) is 6.95. The Morgan fingerprint density at radius 1 is 1.26 bits per heavy atom. The van der Waals surface area contributed by atoms with Gasteiger partial charge in [0.15, 0.2) is 0 Å². The standard InChI is InChI=1S/C14H22ClN3O/c1-9(2)14-17-12(15)8-13(18-14)16-10(3)11-4-6-19-7-5-11/h8-11H,4-7H2,1-3H3,(H,16,17,18). The number of rotatable bonds is 4. The number of nitrogens with zero attached hydrogens (tertiary/aromatic N) is 2. The van der Waals surface area contributed by atoms with Gasteiger partial charge in [-0.3, -0.25) is 0 Å². The average Bonchev–Trinajstić information content (AvgIpc) is 2.39. The Hall–Kier alpha value is -0.870. The molecule has 0 aliphatic carbocycles. The molecule has 4 nitrogen and oxygen atoms in total. The van der Waals surface area contributed by atoms with Crippen molar-refractivity contribution in [3.8, 4) is 0 Å². The van der Waals surface area contributed by atoms with Crippen molar-refractivity contribution in [2.45, 2.75) is 45.6 Å². The van der Waals surface area contributed by atoms with Crippen LogP contribution in [0.1, 0.15) is 45.4 Å². The third kappa shape index (κ3) is 4.05. The minimum atomic E-state index is 0.276. The summed E-state index contributed by atoms with van der Waals surface area (Å²) in [5.41, 5.74) is 0. The fourth-order valence-corrected chi connectivity index (χ4v) is 2.52. The van der Waals surface area contributed by atoms with Crippen molar-refractivity contribution < 1.29 is 4.74 Å². The van der Waals surface area contributed by atoms with Gasteiger partial charge in [-0.25, -0.2) is 9.97 Å². The van der Waals surface area contributed by atoms with Crippen LogP contribution in [0.5, 0.6) is 0 Å². The summed E-state index contributed by atoms with van der Waals surface area (Å²) in [6, 6.07) is 2.17. The second-order valence-corrected chi connectivity index (χ2v) is 5.86. The molecule has 1 aliphatic heterocycles. The van der Waals surface area contributed by atoms with Crippen LogP contribution in [0.25, 0.3) is 0 Å². The minimum absolute atomic E-state index is 0.276. The zero-order chi connectivity index (χ0) is 13.8. The van der Waals surface area contributed by atoms with Crippen LogP contribution in [0, 0.1) is 5.92 Å². The quantitative estimate of drug-likeness (QED) is 0.860. The number of hydrogen-bond acceptors (Lipinski definition) is 4. The van der Waals surface area contributed by atoms with Gasteiger partial charge in [0, 0.05) is 31.2 Å². The lowest BCUT2D eigenvalue weighted by atomic mass is 9.93. The van der Waals surface area contributed by atoms with Crippen molar-refractivity contribution in [3.05, 3.63) is 17.0 Å². The molecule has 1 unspecified atom stereocenters. The number of anilines is 1. The molecule has 1 aliphatic rings. The van der Waals surface area contributed by atoms with Gasteiger partial charge in [0.2, 0.25) is 0 Å². The van der Waals surface area contributed by atoms with Crippen LogP contribution in [0.15, 0.2) is 6.07 Å². The van der Waals surface area contributed by atoms with E-state index in [9.17, 15) is 0 Å². The Morgan fingerprint density at radius 3 is 2.58 bits per heavy atom. The maximum Gasteiger partial charge on any atom is 0.135 e. The Balaban J connectivity index is 2.05. The molecule has 0 spiro atoms. The second kappa shape index (κ2) is 6.53. The van der Waals surface area contributed by atoms with E-state index in [0.717, 1.165) is 37.7 Å². The van der Waals surface area contributed by atoms with Crippen LogP contribution < -0.4 is 5.32 Å². The van der Waals surface area contributed by atoms with Gasteiger partial charge >= 0.3 is 0 Å². The SMILES string of the molecule is CC(C)c1nc(Cl)cc(NC(C)C2CCOCC2)n1. The van der Waals surface area contributed by atoms with E-state index in [2.05, 4.69) is 36.1 Å². The van der Waals surface area contributed by atoms with Crippen molar-refractivity contribution >= 4 is 17.4 Å². The number of ether oxygens (including phenoxy) is 1. The number of nitrogens with one attached hydrogen (secondary N) is 1. The minimum Gasteiger partial charge on any atom is -0.381 e.